The van der Waals surface area contributed by atoms with Crippen molar-refractivity contribution in [2.75, 3.05) is 0 Å². The molecule has 0 aromatic carbocycles. The fourth-order valence-corrected chi connectivity index (χ4v) is 2.81. The predicted octanol–water partition coefficient (Wildman–Crippen LogP) is 4.89. The van der Waals surface area contributed by atoms with Crippen molar-refractivity contribution in [1.29, 1.82) is 0 Å². The molecular weight excluding hydrogens is 226 g/mol. The van der Waals surface area contributed by atoms with E-state index in [-0.39, 0.29) is 10.8 Å². The lowest BCUT2D eigenvalue weighted by molar-refractivity contribution is 0.589. The monoisotopic (exact) mass is 247 g/mol. The average molecular weight is 247 g/mol. The van der Waals surface area contributed by atoms with Crippen molar-refractivity contribution in [3.63, 3.8) is 0 Å². The van der Waals surface area contributed by atoms with Gasteiger partial charge in [-0.05, 0) is 28.5 Å². The first-order valence-electron chi connectivity index (χ1n) is 6.08. The molecule has 0 N–H and O–H groups in total. The summed E-state index contributed by atoms with van der Waals surface area (Å²) in [5.41, 5.74) is 2.83. The molecule has 2 aromatic rings. The standard InChI is InChI=1S/C15H21NS/c1-14(2,3)10-7-12-11(16-9-10)8-13(17-12)15(4,5)6/h7-9H,1-6H3. The van der Waals surface area contributed by atoms with Gasteiger partial charge in [-0.3, -0.25) is 4.98 Å². The van der Waals surface area contributed by atoms with E-state index < -0.39 is 0 Å². The van der Waals surface area contributed by atoms with E-state index in [4.69, 9.17) is 0 Å². The first-order valence-corrected chi connectivity index (χ1v) is 6.90. The van der Waals surface area contributed by atoms with Gasteiger partial charge in [0.2, 0.25) is 0 Å². The van der Waals surface area contributed by atoms with Gasteiger partial charge in [0.1, 0.15) is 0 Å². The summed E-state index contributed by atoms with van der Waals surface area (Å²) in [5.74, 6) is 0. The van der Waals surface area contributed by atoms with Crippen LogP contribution < -0.4 is 0 Å². The Kier molecular flexibility index (Phi) is 2.81. The normalized spacial score (nSPS) is 13.3. The van der Waals surface area contributed by atoms with E-state index in [2.05, 4.69) is 58.7 Å². The number of thiophene rings is 1. The zero-order valence-electron chi connectivity index (χ0n) is 11.6. The van der Waals surface area contributed by atoms with Crippen LogP contribution in [0.4, 0.5) is 0 Å². The summed E-state index contributed by atoms with van der Waals surface area (Å²) in [4.78, 5) is 6.00. The van der Waals surface area contributed by atoms with Gasteiger partial charge in [0.05, 0.1) is 10.2 Å². The number of fused-ring (bicyclic) bond motifs is 1. The maximum absolute atomic E-state index is 4.59. The van der Waals surface area contributed by atoms with Crippen molar-refractivity contribution in [2.24, 2.45) is 0 Å². The molecule has 0 unspecified atom stereocenters. The molecule has 0 radical (unpaired) electrons. The van der Waals surface area contributed by atoms with Gasteiger partial charge in [0.15, 0.2) is 0 Å². The second kappa shape index (κ2) is 3.81. The first-order chi connectivity index (χ1) is 7.68. The van der Waals surface area contributed by atoms with E-state index in [0.717, 1.165) is 5.52 Å². The molecule has 0 aliphatic rings. The van der Waals surface area contributed by atoms with Gasteiger partial charge in [0.25, 0.3) is 0 Å². The fraction of sp³-hybridized carbons (Fsp3) is 0.533. The summed E-state index contributed by atoms with van der Waals surface area (Å²) in [7, 11) is 0. The zero-order chi connectivity index (χ0) is 12.8. The van der Waals surface area contributed by atoms with Crippen LogP contribution in [0, 0.1) is 0 Å². The Morgan fingerprint density at radius 1 is 0.941 bits per heavy atom. The van der Waals surface area contributed by atoms with E-state index in [1.54, 1.807) is 0 Å². The average Bonchev–Trinajstić information content (AvgIpc) is 2.57. The maximum atomic E-state index is 4.59. The summed E-state index contributed by atoms with van der Waals surface area (Å²) in [6.45, 7) is 13.4. The van der Waals surface area contributed by atoms with Gasteiger partial charge in [-0.25, -0.2) is 0 Å². The predicted molar refractivity (Wildman–Crippen MR) is 77.0 cm³/mol. The Labute approximate surface area is 108 Å². The minimum atomic E-state index is 0.174. The smallest absolute Gasteiger partial charge is 0.0812 e. The van der Waals surface area contributed by atoms with Crippen LogP contribution in [0.1, 0.15) is 52.0 Å². The molecule has 0 aliphatic carbocycles. The molecule has 0 bridgehead atoms. The number of aromatic nitrogens is 1. The van der Waals surface area contributed by atoms with Crippen LogP contribution in [0.25, 0.3) is 10.2 Å². The van der Waals surface area contributed by atoms with Gasteiger partial charge >= 0.3 is 0 Å². The molecule has 2 aromatic heterocycles. The van der Waals surface area contributed by atoms with Crippen molar-refractivity contribution in [1.82, 2.24) is 4.98 Å². The van der Waals surface area contributed by atoms with E-state index in [9.17, 15) is 0 Å². The third-order valence-electron chi connectivity index (χ3n) is 2.97. The molecular formula is C15H21NS. The summed E-state index contributed by atoms with van der Waals surface area (Å²) in [6.07, 6.45) is 2.02. The van der Waals surface area contributed by atoms with E-state index in [1.165, 1.54) is 15.1 Å². The van der Waals surface area contributed by atoms with Crippen LogP contribution in [0.5, 0.6) is 0 Å². The van der Waals surface area contributed by atoms with Crippen molar-refractivity contribution >= 4 is 21.6 Å². The highest BCUT2D eigenvalue weighted by atomic mass is 32.1. The fourth-order valence-electron chi connectivity index (χ4n) is 1.70. The number of rotatable bonds is 0. The largest absolute Gasteiger partial charge is 0.255 e. The molecule has 0 saturated carbocycles. The SMILES string of the molecule is CC(C)(C)c1cnc2cc(C(C)(C)C)sc2c1. The molecule has 2 heteroatoms. The van der Waals surface area contributed by atoms with Gasteiger partial charge in [0, 0.05) is 11.1 Å². The first kappa shape index (κ1) is 12.6. The third kappa shape index (κ3) is 2.52. The lowest BCUT2D eigenvalue weighted by atomic mass is 9.88. The van der Waals surface area contributed by atoms with Crippen molar-refractivity contribution in [2.45, 2.75) is 52.4 Å². The Balaban J connectivity index is 2.56. The molecule has 2 heterocycles. The van der Waals surface area contributed by atoms with Crippen LogP contribution >= 0.6 is 11.3 Å². The van der Waals surface area contributed by atoms with Crippen LogP contribution in [0.3, 0.4) is 0 Å². The second-order valence-electron chi connectivity index (χ2n) is 6.72. The Hall–Kier alpha value is -0.890. The summed E-state index contributed by atoms with van der Waals surface area (Å²) in [6, 6.07) is 4.52. The van der Waals surface area contributed by atoms with Crippen molar-refractivity contribution in [3.05, 3.63) is 28.8 Å². The van der Waals surface area contributed by atoms with E-state index >= 15 is 0 Å². The Morgan fingerprint density at radius 2 is 1.59 bits per heavy atom. The highest BCUT2D eigenvalue weighted by molar-refractivity contribution is 7.19. The summed E-state index contributed by atoms with van der Waals surface area (Å²) >= 11 is 1.87. The minimum absolute atomic E-state index is 0.174. The van der Waals surface area contributed by atoms with Gasteiger partial charge in [-0.2, -0.15) is 0 Å². The van der Waals surface area contributed by atoms with Crippen LogP contribution in [-0.2, 0) is 10.8 Å². The van der Waals surface area contributed by atoms with Crippen molar-refractivity contribution < 1.29 is 0 Å². The third-order valence-corrected chi connectivity index (χ3v) is 4.47. The molecule has 0 amide bonds. The molecule has 0 spiro atoms. The maximum Gasteiger partial charge on any atom is 0.0812 e. The number of nitrogens with zero attached hydrogens (tertiary/aromatic N) is 1. The van der Waals surface area contributed by atoms with E-state index in [1.807, 2.05) is 17.5 Å². The number of pyridine rings is 1. The highest BCUT2D eigenvalue weighted by Gasteiger charge is 2.19. The number of hydrogen-bond acceptors (Lipinski definition) is 2. The Bertz CT molecular complexity index is 526. The van der Waals surface area contributed by atoms with Gasteiger partial charge in [-0.15, -0.1) is 11.3 Å². The number of hydrogen-bond donors (Lipinski definition) is 0. The highest BCUT2D eigenvalue weighted by Crippen LogP contribution is 2.35. The molecule has 1 nitrogen and oxygen atoms in total. The quantitative estimate of drug-likeness (QED) is 0.646. The molecule has 17 heavy (non-hydrogen) atoms. The summed E-state index contributed by atoms with van der Waals surface area (Å²) in [5, 5.41) is 0. The van der Waals surface area contributed by atoms with Crippen LogP contribution in [-0.4, -0.2) is 4.98 Å². The summed E-state index contributed by atoms with van der Waals surface area (Å²) < 4.78 is 1.31. The molecule has 2 rings (SSSR count). The van der Waals surface area contributed by atoms with Gasteiger partial charge < -0.3 is 0 Å². The van der Waals surface area contributed by atoms with E-state index in [0.29, 0.717) is 0 Å². The molecule has 0 saturated heterocycles. The van der Waals surface area contributed by atoms with Crippen LogP contribution in [0.15, 0.2) is 18.3 Å². The molecule has 0 atom stereocenters. The van der Waals surface area contributed by atoms with Gasteiger partial charge in [-0.1, -0.05) is 41.5 Å². The zero-order valence-corrected chi connectivity index (χ0v) is 12.4. The molecule has 0 fully saturated rings. The van der Waals surface area contributed by atoms with Crippen LogP contribution in [0.2, 0.25) is 0 Å². The molecule has 0 aliphatic heterocycles. The molecule has 92 valence electrons. The van der Waals surface area contributed by atoms with Crippen molar-refractivity contribution in [3.8, 4) is 0 Å². The minimum Gasteiger partial charge on any atom is -0.255 e. The lowest BCUT2D eigenvalue weighted by Gasteiger charge is -2.18. The Morgan fingerprint density at radius 3 is 2.12 bits per heavy atom. The lowest BCUT2D eigenvalue weighted by Crippen LogP contribution is -2.10. The topological polar surface area (TPSA) is 12.9 Å². The second-order valence-corrected chi connectivity index (χ2v) is 7.80.